The third kappa shape index (κ3) is 5.99. The van der Waals surface area contributed by atoms with Crippen LogP contribution in [0, 0.1) is 0 Å². The molecule has 0 unspecified atom stereocenters. The average Bonchev–Trinajstić information content (AvgIpc) is 3.17. The van der Waals surface area contributed by atoms with E-state index in [1.54, 1.807) is 23.1 Å². The molecule has 2 aromatic rings. The van der Waals surface area contributed by atoms with Gasteiger partial charge in [0, 0.05) is 44.4 Å². The van der Waals surface area contributed by atoms with Crippen molar-refractivity contribution in [2.75, 3.05) is 26.2 Å². The summed E-state index contributed by atoms with van der Waals surface area (Å²) in [5, 5.41) is 1.20. The molecule has 3 rings (SSSR count). The van der Waals surface area contributed by atoms with Crippen molar-refractivity contribution in [1.29, 1.82) is 0 Å². The quantitative estimate of drug-likeness (QED) is 0.602. The molecule has 0 bridgehead atoms. The molecule has 1 aliphatic heterocycles. The zero-order valence-corrected chi connectivity index (χ0v) is 18.0. The lowest BCUT2D eigenvalue weighted by Crippen LogP contribution is -2.50. The first-order chi connectivity index (χ1) is 13.8. The predicted molar refractivity (Wildman–Crippen MR) is 115 cm³/mol. The summed E-state index contributed by atoms with van der Waals surface area (Å²) >= 11 is 7.03. The summed E-state index contributed by atoms with van der Waals surface area (Å²) in [6.07, 6.45) is 1.79. The number of hydrogen-bond donors (Lipinski definition) is 0. The first-order valence-electron chi connectivity index (χ1n) is 9.15. The third-order valence-corrected chi connectivity index (χ3v) is 7.43. The van der Waals surface area contributed by atoms with Gasteiger partial charge in [0.1, 0.15) is 0 Å². The van der Waals surface area contributed by atoms with Gasteiger partial charge in [-0.05, 0) is 23.8 Å². The molecule has 0 atom stereocenters. The van der Waals surface area contributed by atoms with Crippen molar-refractivity contribution < 1.29 is 18.0 Å². The SMILES string of the molecule is O=C(CCC(=O)N1CCN(S(=O)(=O)/C=C/c2ccccc2)CC1)c1ccc(Cl)s1. The van der Waals surface area contributed by atoms with E-state index in [0.717, 1.165) is 5.56 Å². The first-order valence-corrected chi connectivity index (χ1v) is 11.8. The van der Waals surface area contributed by atoms with Crippen LogP contribution in [-0.2, 0) is 14.8 Å². The summed E-state index contributed by atoms with van der Waals surface area (Å²) in [6, 6.07) is 12.5. The maximum absolute atomic E-state index is 12.5. The van der Waals surface area contributed by atoms with Crippen molar-refractivity contribution >= 4 is 50.7 Å². The van der Waals surface area contributed by atoms with Crippen molar-refractivity contribution in [2.45, 2.75) is 12.8 Å². The van der Waals surface area contributed by atoms with E-state index in [0.29, 0.717) is 22.3 Å². The van der Waals surface area contributed by atoms with Gasteiger partial charge >= 0.3 is 0 Å². The number of carbonyl (C=O) groups excluding carboxylic acids is 2. The monoisotopic (exact) mass is 452 g/mol. The summed E-state index contributed by atoms with van der Waals surface area (Å²) in [7, 11) is -3.54. The van der Waals surface area contributed by atoms with Crippen LogP contribution in [0.1, 0.15) is 28.1 Å². The van der Waals surface area contributed by atoms with Gasteiger partial charge in [0.25, 0.3) is 0 Å². The molecule has 0 radical (unpaired) electrons. The Kier molecular flexibility index (Phi) is 7.23. The van der Waals surface area contributed by atoms with Crippen molar-refractivity contribution in [3.05, 3.63) is 62.6 Å². The van der Waals surface area contributed by atoms with Gasteiger partial charge in [-0.3, -0.25) is 9.59 Å². The van der Waals surface area contributed by atoms with Gasteiger partial charge in [0.2, 0.25) is 15.9 Å². The topological polar surface area (TPSA) is 74.8 Å². The number of sulfonamides is 1. The summed E-state index contributed by atoms with van der Waals surface area (Å²) in [6.45, 7) is 1.11. The number of Topliss-reactive ketones (excluding diaryl/α,β-unsaturated/α-hetero) is 1. The largest absolute Gasteiger partial charge is 0.340 e. The molecule has 1 saturated heterocycles. The highest BCUT2D eigenvalue weighted by atomic mass is 35.5. The lowest BCUT2D eigenvalue weighted by molar-refractivity contribution is -0.132. The number of hydrogen-bond acceptors (Lipinski definition) is 5. The van der Waals surface area contributed by atoms with E-state index in [2.05, 4.69) is 0 Å². The molecule has 1 aliphatic rings. The highest BCUT2D eigenvalue weighted by Crippen LogP contribution is 2.23. The molecule has 1 aromatic carbocycles. The molecule has 2 heterocycles. The van der Waals surface area contributed by atoms with Crippen LogP contribution in [0.15, 0.2) is 47.9 Å². The van der Waals surface area contributed by atoms with Crippen molar-refractivity contribution in [2.24, 2.45) is 0 Å². The Balaban J connectivity index is 1.48. The van der Waals surface area contributed by atoms with Gasteiger partial charge < -0.3 is 4.90 Å². The predicted octanol–water partition coefficient (Wildman–Crippen LogP) is 3.51. The van der Waals surface area contributed by atoms with Crippen LogP contribution in [0.3, 0.4) is 0 Å². The minimum atomic E-state index is -3.54. The fourth-order valence-electron chi connectivity index (χ4n) is 2.97. The Morgan fingerprint density at radius 3 is 2.31 bits per heavy atom. The molecule has 6 nitrogen and oxygen atoms in total. The van der Waals surface area contributed by atoms with Gasteiger partial charge in [0.05, 0.1) is 9.21 Å². The average molecular weight is 453 g/mol. The Hall–Kier alpha value is -2.00. The Labute approximate surface area is 179 Å². The molecular formula is C20H21ClN2O4S2. The smallest absolute Gasteiger partial charge is 0.236 e. The minimum Gasteiger partial charge on any atom is -0.340 e. The molecule has 154 valence electrons. The van der Waals surface area contributed by atoms with Crippen LogP contribution in [0.4, 0.5) is 0 Å². The van der Waals surface area contributed by atoms with E-state index >= 15 is 0 Å². The van der Waals surface area contributed by atoms with Crippen LogP contribution >= 0.6 is 22.9 Å². The Bertz CT molecular complexity index is 994. The van der Waals surface area contributed by atoms with E-state index < -0.39 is 10.0 Å². The molecule has 0 spiro atoms. The number of ketones is 1. The third-order valence-electron chi connectivity index (χ3n) is 4.60. The lowest BCUT2D eigenvalue weighted by Gasteiger charge is -2.33. The number of piperazine rings is 1. The van der Waals surface area contributed by atoms with Gasteiger partial charge in [0.15, 0.2) is 5.78 Å². The zero-order valence-electron chi connectivity index (χ0n) is 15.7. The summed E-state index contributed by atoms with van der Waals surface area (Å²) in [5.41, 5.74) is 0.807. The van der Waals surface area contributed by atoms with Gasteiger partial charge in [-0.15, -0.1) is 11.3 Å². The molecule has 0 saturated carbocycles. The van der Waals surface area contributed by atoms with Crippen LogP contribution in [-0.4, -0.2) is 55.5 Å². The summed E-state index contributed by atoms with van der Waals surface area (Å²) in [4.78, 5) is 26.6. The number of carbonyl (C=O) groups is 2. The van der Waals surface area contributed by atoms with Gasteiger partial charge in [-0.25, -0.2) is 8.42 Å². The van der Waals surface area contributed by atoms with E-state index in [4.69, 9.17) is 11.6 Å². The molecule has 1 fully saturated rings. The standard InChI is InChI=1S/C20H21ClN2O4S2/c21-19-8-7-18(28-19)17(24)6-9-20(25)22-11-13-23(14-12-22)29(26,27)15-10-16-4-2-1-3-5-16/h1-5,7-8,10,15H,6,9,11-14H2/b15-10+. The summed E-state index contributed by atoms with van der Waals surface area (Å²) in [5.74, 6) is -0.250. The number of nitrogens with zero attached hydrogens (tertiary/aromatic N) is 2. The highest BCUT2D eigenvalue weighted by Gasteiger charge is 2.27. The highest BCUT2D eigenvalue weighted by molar-refractivity contribution is 7.92. The molecular weight excluding hydrogens is 432 g/mol. The zero-order chi connectivity index (χ0) is 20.9. The first kappa shape index (κ1) is 21.7. The van der Waals surface area contributed by atoms with Gasteiger partial charge in [-0.2, -0.15) is 4.31 Å². The van der Waals surface area contributed by atoms with Crippen molar-refractivity contribution in [3.63, 3.8) is 0 Å². The lowest BCUT2D eigenvalue weighted by atomic mass is 10.1. The second-order valence-corrected chi connectivity index (χ2v) is 10.1. The van der Waals surface area contributed by atoms with Crippen LogP contribution in [0.25, 0.3) is 6.08 Å². The Morgan fingerprint density at radius 1 is 1.00 bits per heavy atom. The molecule has 9 heteroatoms. The van der Waals surface area contributed by atoms with E-state index in [9.17, 15) is 18.0 Å². The normalized spacial score (nSPS) is 15.7. The fourth-order valence-corrected chi connectivity index (χ4v) is 5.16. The number of halogens is 1. The van der Waals surface area contributed by atoms with Crippen LogP contribution in [0.5, 0.6) is 0 Å². The van der Waals surface area contributed by atoms with Crippen molar-refractivity contribution in [1.82, 2.24) is 9.21 Å². The van der Waals surface area contributed by atoms with E-state index in [-0.39, 0.29) is 37.6 Å². The minimum absolute atomic E-state index is 0.106. The number of rotatable bonds is 7. The fraction of sp³-hybridized carbons (Fsp3) is 0.300. The molecule has 1 amide bonds. The van der Waals surface area contributed by atoms with Crippen LogP contribution < -0.4 is 0 Å². The van der Waals surface area contributed by atoms with Crippen LogP contribution in [0.2, 0.25) is 4.34 Å². The van der Waals surface area contributed by atoms with Crippen molar-refractivity contribution in [3.8, 4) is 0 Å². The maximum atomic E-state index is 12.5. The molecule has 0 aliphatic carbocycles. The number of benzene rings is 1. The second-order valence-electron chi connectivity index (χ2n) is 6.57. The van der Waals surface area contributed by atoms with E-state index in [1.807, 2.05) is 30.3 Å². The molecule has 1 aromatic heterocycles. The van der Waals surface area contributed by atoms with E-state index in [1.165, 1.54) is 21.1 Å². The number of amides is 1. The summed E-state index contributed by atoms with van der Waals surface area (Å²) < 4.78 is 26.9. The van der Waals surface area contributed by atoms with Gasteiger partial charge in [-0.1, -0.05) is 41.9 Å². The maximum Gasteiger partial charge on any atom is 0.236 e. The Morgan fingerprint density at radius 2 is 1.69 bits per heavy atom. The number of thiophene rings is 1. The molecule has 29 heavy (non-hydrogen) atoms. The second kappa shape index (κ2) is 9.67. The molecule has 0 N–H and O–H groups in total.